The number of benzene rings is 1. The second-order valence-electron chi connectivity index (χ2n) is 6.02. The Morgan fingerprint density at radius 3 is 3.08 bits per heavy atom. The van der Waals surface area contributed by atoms with Gasteiger partial charge in [0.1, 0.15) is 5.82 Å². The van der Waals surface area contributed by atoms with E-state index in [0.29, 0.717) is 5.56 Å². The molecule has 0 saturated carbocycles. The number of nitrogens with one attached hydrogen (secondary N) is 2. The van der Waals surface area contributed by atoms with Gasteiger partial charge in [0.05, 0.1) is 11.7 Å². The van der Waals surface area contributed by atoms with Crippen molar-refractivity contribution in [3.63, 3.8) is 0 Å². The first-order valence-corrected chi connectivity index (χ1v) is 7.90. The van der Waals surface area contributed by atoms with Crippen molar-refractivity contribution in [2.45, 2.75) is 12.5 Å². The molecule has 7 nitrogen and oxygen atoms in total. The van der Waals surface area contributed by atoms with E-state index in [4.69, 9.17) is 5.73 Å². The largest absolute Gasteiger partial charge is 0.355 e. The molecule has 4 rings (SSSR count). The monoisotopic (exact) mass is 322 g/mol. The maximum atomic E-state index is 12.5. The van der Waals surface area contributed by atoms with Gasteiger partial charge in [-0.2, -0.15) is 5.10 Å². The molecule has 1 saturated heterocycles. The third-order valence-corrected chi connectivity index (χ3v) is 4.25. The molecule has 1 aliphatic rings. The highest BCUT2D eigenvalue weighted by Gasteiger charge is 2.21. The lowest BCUT2D eigenvalue weighted by Crippen LogP contribution is -2.27. The third-order valence-electron chi connectivity index (χ3n) is 4.25. The highest BCUT2D eigenvalue weighted by molar-refractivity contribution is 6.05. The molecule has 1 atom stereocenters. The highest BCUT2D eigenvalue weighted by atomic mass is 16.1. The van der Waals surface area contributed by atoms with Gasteiger partial charge in [-0.1, -0.05) is 0 Å². The molecule has 0 aliphatic carbocycles. The Labute approximate surface area is 138 Å². The average Bonchev–Trinajstić information content (AvgIpc) is 3.23. The van der Waals surface area contributed by atoms with Crippen molar-refractivity contribution in [3.05, 3.63) is 48.3 Å². The molecule has 24 heavy (non-hydrogen) atoms. The van der Waals surface area contributed by atoms with E-state index in [9.17, 15) is 4.79 Å². The van der Waals surface area contributed by atoms with Gasteiger partial charge in [-0.25, -0.2) is 4.98 Å². The van der Waals surface area contributed by atoms with Crippen molar-refractivity contribution >= 4 is 28.3 Å². The summed E-state index contributed by atoms with van der Waals surface area (Å²) in [5.41, 5.74) is 8.19. The summed E-state index contributed by atoms with van der Waals surface area (Å²) in [5.74, 6) is 0.630. The lowest BCUT2D eigenvalue weighted by Gasteiger charge is -2.17. The second-order valence-corrected chi connectivity index (χ2v) is 6.02. The smallest absolute Gasteiger partial charge is 0.255 e. The van der Waals surface area contributed by atoms with Crippen molar-refractivity contribution in [1.82, 2.24) is 15.2 Å². The lowest BCUT2D eigenvalue weighted by atomic mass is 10.2. The number of carbonyl (C=O) groups excluding carboxylic acids is 1. The molecule has 3 heterocycles. The predicted molar refractivity (Wildman–Crippen MR) is 93.1 cm³/mol. The summed E-state index contributed by atoms with van der Waals surface area (Å²) >= 11 is 0. The van der Waals surface area contributed by atoms with Crippen molar-refractivity contribution in [3.8, 4) is 0 Å². The molecule has 122 valence electrons. The van der Waals surface area contributed by atoms with Crippen LogP contribution in [0.3, 0.4) is 0 Å². The van der Waals surface area contributed by atoms with Crippen molar-refractivity contribution in [2.24, 2.45) is 5.73 Å². The number of amides is 1. The third kappa shape index (κ3) is 2.81. The zero-order valence-corrected chi connectivity index (χ0v) is 13.1. The quantitative estimate of drug-likeness (QED) is 0.682. The fourth-order valence-electron chi connectivity index (χ4n) is 2.95. The zero-order valence-electron chi connectivity index (χ0n) is 13.1. The van der Waals surface area contributed by atoms with E-state index < -0.39 is 0 Å². The fourth-order valence-corrected chi connectivity index (χ4v) is 2.95. The Morgan fingerprint density at radius 1 is 1.33 bits per heavy atom. The van der Waals surface area contributed by atoms with Crippen LogP contribution in [0.1, 0.15) is 16.8 Å². The fraction of sp³-hybridized carbons (Fsp3) is 0.235. The standard InChI is InChI=1S/C17H18N6O/c18-13-4-6-23(10-13)16-8-11(3-5-19-16)17(24)21-14-1-2-15-12(7-14)9-20-22-15/h1-3,5,7-9,13H,4,6,10,18H2,(H,20,22)(H,21,24)/t13-/m1/s1. The summed E-state index contributed by atoms with van der Waals surface area (Å²) in [4.78, 5) is 19.0. The van der Waals surface area contributed by atoms with Crippen LogP contribution in [0.4, 0.5) is 11.5 Å². The molecule has 1 fully saturated rings. The van der Waals surface area contributed by atoms with Crippen molar-refractivity contribution in [2.75, 3.05) is 23.3 Å². The molecule has 3 aromatic rings. The molecule has 0 spiro atoms. The van der Waals surface area contributed by atoms with E-state index in [1.54, 1.807) is 18.5 Å². The predicted octanol–water partition coefficient (Wildman–Crippen LogP) is 1.75. The number of H-pyrrole nitrogens is 1. The van der Waals surface area contributed by atoms with Gasteiger partial charge in [-0.3, -0.25) is 9.89 Å². The number of rotatable bonds is 3. The number of nitrogens with zero attached hydrogens (tertiary/aromatic N) is 3. The number of hydrogen-bond acceptors (Lipinski definition) is 5. The normalized spacial score (nSPS) is 17.4. The summed E-state index contributed by atoms with van der Waals surface area (Å²) in [6, 6.07) is 9.32. The van der Waals surface area contributed by atoms with Gasteiger partial charge in [0.25, 0.3) is 5.91 Å². The lowest BCUT2D eigenvalue weighted by molar-refractivity contribution is 0.102. The van der Waals surface area contributed by atoms with Crippen LogP contribution in [-0.2, 0) is 0 Å². The molecule has 7 heteroatoms. The molecule has 0 unspecified atom stereocenters. The number of aromatic amines is 1. The first-order valence-electron chi connectivity index (χ1n) is 7.90. The number of pyridine rings is 1. The van der Waals surface area contributed by atoms with Crippen LogP contribution < -0.4 is 16.0 Å². The minimum atomic E-state index is -0.162. The maximum absolute atomic E-state index is 12.5. The summed E-state index contributed by atoms with van der Waals surface area (Å²) in [6.45, 7) is 1.64. The van der Waals surface area contributed by atoms with Crippen LogP contribution in [0.5, 0.6) is 0 Å². The van der Waals surface area contributed by atoms with Crippen LogP contribution in [-0.4, -0.2) is 40.2 Å². The van der Waals surface area contributed by atoms with Gasteiger partial charge in [0.15, 0.2) is 0 Å². The molecular formula is C17H18N6O. The number of anilines is 2. The van der Waals surface area contributed by atoms with Gasteiger partial charge in [-0.05, 0) is 36.8 Å². The minimum Gasteiger partial charge on any atom is -0.355 e. The Bertz CT molecular complexity index is 889. The Morgan fingerprint density at radius 2 is 2.25 bits per heavy atom. The van der Waals surface area contributed by atoms with E-state index in [0.717, 1.165) is 41.9 Å². The van der Waals surface area contributed by atoms with Crippen LogP contribution in [0, 0.1) is 0 Å². The molecular weight excluding hydrogens is 304 g/mol. The Balaban J connectivity index is 1.53. The van der Waals surface area contributed by atoms with Crippen LogP contribution >= 0.6 is 0 Å². The summed E-state index contributed by atoms with van der Waals surface area (Å²) in [5, 5.41) is 10.7. The minimum absolute atomic E-state index is 0.162. The van der Waals surface area contributed by atoms with Crippen LogP contribution in [0.15, 0.2) is 42.7 Å². The summed E-state index contributed by atoms with van der Waals surface area (Å²) < 4.78 is 0. The average molecular weight is 322 g/mol. The van der Waals surface area contributed by atoms with Crippen LogP contribution in [0.25, 0.3) is 10.9 Å². The molecule has 1 aromatic carbocycles. The van der Waals surface area contributed by atoms with E-state index >= 15 is 0 Å². The molecule has 2 aromatic heterocycles. The Hall–Kier alpha value is -2.93. The molecule has 0 bridgehead atoms. The van der Waals surface area contributed by atoms with E-state index in [1.165, 1.54) is 0 Å². The van der Waals surface area contributed by atoms with Crippen molar-refractivity contribution in [1.29, 1.82) is 0 Å². The number of fused-ring (bicyclic) bond motifs is 1. The van der Waals surface area contributed by atoms with E-state index in [-0.39, 0.29) is 11.9 Å². The Kier molecular flexibility index (Phi) is 3.62. The topological polar surface area (TPSA) is 99.9 Å². The van der Waals surface area contributed by atoms with Gasteiger partial charge in [0.2, 0.25) is 0 Å². The SMILES string of the molecule is N[C@@H]1CCN(c2cc(C(=O)Nc3ccc4[nH]ncc4c3)ccn2)C1. The number of carbonyl (C=O) groups is 1. The van der Waals surface area contributed by atoms with Crippen LogP contribution in [0.2, 0.25) is 0 Å². The second kappa shape index (κ2) is 5.93. The molecule has 0 radical (unpaired) electrons. The maximum Gasteiger partial charge on any atom is 0.255 e. The summed E-state index contributed by atoms with van der Waals surface area (Å²) in [6.07, 6.45) is 4.34. The van der Waals surface area contributed by atoms with Gasteiger partial charge < -0.3 is 16.0 Å². The molecule has 1 amide bonds. The summed E-state index contributed by atoms with van der Waals surface area (Å²) in [7, 11) is 0. The van der Waals surface area contributed by atoms with Gasteiger partial charge >= 0.3 is 0 Å². The van der Waals surface area contributed by atoms with E-state index in [2.05, 4.69) is 25.4 Å². The first-order chi connectivity index (χ1) is 11.7. The molecule has 4 N–H and O–H groups in total. The first kappa shape index (κ1) is 14.6. The number of aromatic nitrogens is 3. The zero-order chi connectivity index (χ0) is 16.5. The molecule has 1 aliphatic heterocycles. The van der Waals surface area contributed by atoms with E-state index in [1.807, 2.05) is 24.3 Å². The number of nitrogens with two attached hydrogens (primary N) is 1. The highest BCUT2D eigenvalue weighted by Crippen LogP contribution is 2.20. The van der Waals surface area contributed by atoms with Gasteiger partial charge in [0, 0.05) is 42.0 Å². The van der Waals surface area contributed by atoms with Gasteiger partial charge in [-0.15, -0.1) is 0 Å². The van der Waals surface area contributed by atoms with Crippen molar-refractivity contribution < 1.29 is 4.79 Å². The number of hydrogen-bond donors (Lipinski definition) is 3.